The summed E-state index contributed by atoms with van der Waals surface area (Å²) < 4.78 is 1.79. The molecule has 2 N–H and O–H groups in total. The molecule has 6 nitrogen and oxygen atoms in total. The van der Waals surface area contributed by atoms with Gasteiger partial charge in [-0.15, -0.1) is 0 Å². The fraction of sp³-hybridized carbons (Fsp3) is 0. The van der Waals surface area contributed by atoms with Crippen molar-refractivity contribution < 1.29 is 0 Å². The number of pyridine rings is 1. The van der Waals surface area contributed by atoms with E-state index in [9.17, 15) is 9.59 Å². The summed E-state index contributed by atoms with van der Waals surface area (Å²) in [6, 6.07) is 12.8. The van der Waals surface area contributed by atoms with Crippen LogP contribution >= 0.6 is 0 Å². The molecule has 23 heavy (non-hydrogen) atoms. The van der Waals surface area contributed by atoms with Crippen LogP contribution in [0.5, 0.6) is 0 Å². The molecule has 6 heteroatoms. The maximum atomic E-state index is 12.3. The van der Waals surface area contributed by atoms with E-state index in [-0.39, 0.29) is 11.1 Å². The van der Waals surface area contributed by atoms with Gasteiger partial charge in [0.2, 0.25) is 5.56 Å². The average Bonchev–Trinajstić information content (AvgIpc) is 2.97. The fourth-order valence-electron chi connectivity index (χ4n) is 2.68. The Morgan fingerprint density at radius 3 is 2.61 bits per heavy atom. The predicted octanol–water partition coefficient (Wildman–Crippen LogP) is 2.07. The largest absolute Gasteiger partial charge is 0.329 e. The van der Waals surface area contributed by atoms with Gasteiger partial charge in [0.15, 0.2) is 0 Å². The van der Waals surface area contributed by atoms with Gasteiger partial charge >= 0.3 is 0 Å². The van der Waals surface area contributed by atoms with E-state index in [1.54, 1.807) is 16.8 Å². The SMILES string of the molecule is O=c1cc(-c2cn(-c3ccccc3)c3c(=O)[nH]cnc23)cc[nH]1. The third-order valence-corrected chi connectivity index (χ3v) is 3.70. The van der Waals surface area contributed by atoms with Crippen LogP contribution in [0.1, 0.15) is 0 Å². The van der Waals surface area contributed by atoms with Crippen LogP contribution in [0.4, 0.5) is 0 Å². The molecule has 0 aliphatic carbocycles. The Bertz CT molecular complexity index is 1110. The lowest BCUT2D eigenvalue weighted by Crippen LogP contribution is -2.10. The summed E-state index contributed by atoms with van der Waals surface area (Å²) in [5.74, 6) is 0. The Hall–Kier alpha value is -3.41. The fourth-order valence-corrected chi connectivity index (χ4v) is 2.68. The first kappa shape index (κ1) is 13.3. The summed E-state index contributed by atoms with van der Waals surface area (Å²) in [6.45, 7) is 0. The van der Waals surface area contributed by atoms with E-state index >= 15 is 0 Å². The molecule has 4 aromatic rings. The van der Waals surface area contributed by atoms with Gasteiger partial charge in [0.1, 0.15) is 11.0 Å². The van der Waals surface area contributed by atoms with Crippen molar-refractivity contribution in [3.05, 3.63) is 81.9 Å². The molecule has 3 aromatic heterocycles. The van der Waals surface area contributed by atoms with Gasteiger partial charge in [-0.25, -0.2) is 4.98 Å². The maximum absolute atomic E-state index is 12.3. The number of hydrogen-bond acceptors (Lipinski definition) is 3. The average molecular weight is 304 g/mol. The van der Waals surface area contributed by atoms with Crippen LogP contribution in [0, 0.1) is 0 Å². The van der Waals surface area contributed by atoms with Crippen molar-refractivity contribution in [1.82, 2.24) is 19.5 Å². The van der Waals surface area contributed by atoms with Crippen molar-refractivity contribution in [1.29, 1.82) is 0 Å². The number of H-pyrrole nitrogens is 2. The lowest BCUT2D eigenvalue weighted by molar-refractivity contribution is 1.08. The summed E-state index contributed by atoms with van der Waals surface area (Å²) in [5.41, 5.74) is 2.89. The zero-order valence-electron chi connectivity index (χ0n) is 12.0. The number of aromatic nitrogens is 4. The Morgan fingerprint density at radius 1 is 1.00 bits per heavy atom. The highest BCUT2D eigenvalue weighted by Gasteiger charge is 2.15. The zero-order chi connectivity index (χ0) is 15.8. The number of aromatic amines is 2. The van der Waals surface area contributed by atoms with Gasteiger partial charge in [0.25, 0.3) is 5.56 Å². The minimum atomic E-state index is -0.227. The van der Waals surface area contributed by atoms with E-state index in [1.165, 1.54) is 12.4 Å². The van der Waals surface area contributed by atoms with Crippen LogP contribution in [0.15, 0.2) is 70.8 Å². The molecule has 0 bridgehead atoms. The molecular formula is C17H12N4O2. The van der Waals surface area contributed by atoms with Gasteiger partial charge in [0, 0.05) is 29.7 Å². The van der Waals surface area contributed by atoms with Crippen LogP contribution in [0.2, 0.25) is 0 Å². The molecule has 1 aromatic carbocycles. The number of para-hydroxylation sites is 1. The molecular weight excluding hydrogens is 292 g/mol. The first-order valence-electron chi connectivity index (χ1n) is 7.07. The summed E-state index contributed by atoms with van der Waals surface area (Å²) in [6.07, 6.45) is 4.78. The molecule has 0 unspecified atom stereocenters. The molecule has 3 heterocycles. The number of fused-ring (bicyclic) bond motifs is 1. The Balaban J connectivity index is 2.10. The molecule has 0 atom stereocenters. The molecule has 4 rings (SSSR count). The van der Waals surface area contributed by atoms with Crippen molar-refractivity contribution in [3.63, 3.8) is 0 Å². The molecule has 112 valence electrons. The highest BCUT2D eigenvalue weighted by atomic mass is 16.1. The van der Waals surface area contributed by atoms with Crippen LogP contribution in [-0.4, -0.2) is 19.5 Å². The van der Waals surface area contributed by atoms with E-state index in [0.717, 1.165) is 11.3 Å². The monoisotopic (exact) mass is 304 g/mol. The van der Waals surface area contributed by atoms with Gasteiger partial charge in [-0.1, -0.05) is 18.2 Å². The molecule has 0 saturated carbocycles. The lowest BCUT2D eigenvalue weighted by atomic mass is 10.1. The smallest absolute Gasteiger partial charge is 0.275 e. The van der Waals surface area contributed by atoms with Gasteiger partial charge in [-0.05, 0) is 23.8 Å². The summed E-state index contributed by atoms with van der Waals surface area (Å²) >= 11 is 0. The highest BCUT2D eigenvalue weighted by Crippen LogP contribution is 2.28. The molecule has 0 saturated heterocycles. The quantitative estimate of drug-likeness (QED) is 0.594. The number of nitrogens with one attached hydrogen (secondary N) is 2. The van der Waals surface area contributed by atoms with Crippen LogP contribution in [-0.2, 0) is 0 Å². The molecule has 0 fully saturated rings. The van der Waals surface area contributed by atoms with Crippen LogP contribution in [0.25, 0.3) is 27.8 Å². The topological polar surface area (TPSA) is 83.5 Å². The predicted molar refractivity (Wildman–Crippen MR) is 87.7 cm³/mol. The van der Waals surface area contributed by atoms with Crippen LogP contribution in [0.3, 0.4) is 0 Å². The first-order valence-corrected chi connectivity index (χ1v) is 7.07. The van der Waals surface area contributed by atoms with Crippen molar-refractivity contribution in [2.24, 2.45) is 0 Å². The minimum absolute atomic E-state index is 0.201. The van der Waals surface area contributed by atoms with E-state index in [2.05, 4.69) is 15.0 Å². The molecule has 0 spiro atoms. The van der Waals surface area contributed by atoms with E-state index in [0.29, 0.717) is 16.6 Å². The number of benzene rings is 1. The Kier molecular flexibility index (Phi) is 2.94. The first-order chi connectivity index (χ1) is 11.2. The van der Waals surface area contributed by atoms with Gasteiger partial charge in [-0.2, -0.15) is 0 Å². The Morgan fingerprint density at radius 2 is 1.83 bits per heavy atom. The molecule has 0 aliphatic rings. The zero-order valence-corrected chi connectivity index (χ0v) is 12.0. The van der Waals surface area contributed by atoms with Crippen molar-refractivity contribution in [2.75, 3.05) is 0 Å². The summed E-state index contributed by atoms with van der Waals surface area (Å²) in [5, 5.41) is 0. The lowest BCUT2D eigenvalue weighted by Gasteiger charge is -2.03. The second kappa shape index (κ2) is 5.10. The summed E-state index contributed by atoms with van der Waals surface area (Å²) in [7, 11) is 0. The number of rotatable bonds is 2. The van der Waals surface area contributed by atoms with Gasteiger partial charge < -0.3 is 14.5 Å². The van der Waals surface area contributed by atoms with Gasteiger partial charge in [-0.3, -0.25) is 9.59 Å². The normalized spacial score (nSPS) is 11.0. The molecule has 0 aliphatic heterocycles. The highest BCUT2D eigenvalue weighted by molar-refractivity contribution is 5.93. The third kappa shape index (κ3) is 2.17. The third-order valence-electron chi connectivity index (χ3n) is 3.70. The van der Waals surface area contributed by atoms with E-state index in [4.69, 9.17) is 0 Å². The number of nitrogens with zero attached hydrogens (tertiary/aromatic N) is 2. The number of hydrogen-bond donors (Lipinski definition) is 2. The molecule has 0 amide bonds. The van der Waals surface area contributed by atoms with Crippen molar-refractivity contribution in [3.8, 4) is 16.8 Å². The Labute approximate surface area is 130 Å². The minimum Gasteiger partial charge on any atom is -0.329 e. The second-order valence-electron chi connectivity index (χ2n) is 5.12. The van der Waals surface area contributed by atoms with E-state index < -0.39 is 0 Å². The van der Waals surface area contributed by atoms with Crippen molar-refractivity contribution in [2.45, 2.75) is 0 Å². The standard InChI is InChI=1S/C17H12N4O2/c22-14-8-11(6-7-18-14)13-9-21(12-4-2-1-3-5-12)16-15(13)19-10-20-17(16)23/h1-10H,(H,18,22)(H,19,20,23). The van der Waals surface area contributed by atoms with Gasteiger partial charge in [0.05, 0.1) is 6.33 Å². The van der Waals surface area contributed by atoms with E-state index in [1.807, 2.05) is 36.5 Å². The van der Waals surface area contributed by atoms with Crippen molar-refractivity contribution >= 4 is 11.0 Å². The summed E-state index contributed by atoms with van der Waals surface area (Å²) in [4.78, 5) is 33.4. The second-order valence-corrected chi connectivity index (χ2v) is 5.12. The molecule has 0 radical (unpaired) electrons. The maximum Gasteiger partial charge on any atom is 0.275 e. The van der Waals surface area contributed by atoms with Crippen LogP contribution < -0.4 is 11.1 Å².